The molecule has 1 aromatic heterocycles. The van der Waals surface area contributed by atoms with Gasteiger partial charge in [0, 0.05) is 13.6 Å². The van der Waals surface area contributed by atoms with Crippen molar-refractivity contribution in [3.8, 4) is 0 Å². The van der Waals surface area contributed by atoms with Crippen LogP contribution in [-0.4, -0.2) is 27.0 Å². The van der Waals surface area contributed by atoms with Crippen molar-refractivity contribution in [1.82, 2.24) is 9.78 Å². The largest absolute Gasteiger partial charge is 0.388 e. The zero-order valence-corrected chi connectivity index (χ0v) is 11.3. The van der Waals surface area contributed by atoms with Gasteiger partial charge in [0.25, 0.3) is 5.56 Å². The highest BCUT2D eigenvalue weighted by Gasteiger charge is 2.30. The normalized spacial score (nSPS) is 18.3. The number of rotatable bonds is 3. The predicted octanol–water partition coefficient (Wildman–Crippen LogP) is 1.26. The van der Waals surface area contributed by atoms with E-state index in [0.29, 0.717) is 16.7 Å². The van der Waals surface area contributed by atoms with E-state index in [0.717, 1.165) is 25.7 Å². The quantitative estimate of drug-likeness (QED) is 0.882. The van der Waals surface area contributed by atoms with Crippen LogP contribution in [0.2, 0.25) is 0 Å². The highest BCUT2D eigenvalue weighted by molar-refractivity contribution is 9.10. The number of hydrogen-bond acceptors (Lipinski definition) is 4. The number of aryl methyl sites for hydroxylation is 1. The van der Waals surface area contributed by atoms with Crippen LogP contribution >= 0.6 is 15.9 Å². The van der Waals surface area contributed by atoms with Crippen molar-refractivity contribution in [1.29, 1.82) is 0 Å². The average molecular weight is 302 g/mol. The standard InChI is InChI=1S/C11H16BrN3O2/c1-15-10(16)9(12)8(6-14-15)13-7-11(17)4-2-3-5-11/h6,13,17H,2-5,7H2,1H3. The van der Waals surface area contributed by atoms with Gasteiger partial charge in [0.05, 0.1) is 17.5 Å². The number of aromatic nitrogens is 2. The second kappa shape index (κ2) is 4.78. The molecule has 0 aliphatic heterocycles. The van der Waals surface area contributed by atoms with E-state index < -0.39 is 5.60 Å². The van der Waals surface area contributed by atoms with Gasteiger partial charge in [0.2, 0.25) is 0 Å². The summed E-state index contributed by atoms with van der Waals surface area (Å²) in [5.74, 6) is 0. The summed E-state index contributed by atoms with van der Waals surface area (Å²) < 4.78 is 1.72. The molecule has 0 amide bonds. The van der Waals surface area contributed by atoms with Gasteiger partial charge < -0.3 is 10.4 Å². The monoisotopic (exact) mass is 301 g/mol. The zero-order valence-electron chi connectivity index (χ0n) is 9.74. The Morgan fingerprint density at radius 1 is 1.59 bits per heavy atom. The van der Waals surface area contributed by atoms with E-state index in [1.165, 1.54) is 4.68 Å². The molecular weight excluding hydrogens is 286 g/mol. The van der Waals surface area contributed by atoms with Crippen molar-refractivity contribution < 1.29 is 5.11 Å². The molecule has 1 aliphatic rings. The molecule has 5 nitrogen and oxygen atoms in total. The van der Waals surface area contributed by atoms with Crippen molar-refractivity contribution in [3.63, 3.8) is 0 Å². The fraction of sp³-hybridized carbons (Fsp3) is 0.636. The van der Waals surface area contributed by atoms with Crippen molar-refractivity contribution in [2.24, 2.45) is 7.05 Å². The van der Waals surface area contributed by atoms with Gasteiger partial charge in [0.1, 0.15) is 4.47 Å². The molecular formula is C11H16BrN3O2. The highest BCUT2D eigenvalue weighted by Crippen LogP contribution is 2.30. The number of nitrogens with one attached hydrogen (secondary N) is 1. The van der Waals surface area contributed by atoms with Gasteiger partial charge in [-0.25, -0.2) is 4.68 Å². The van der Waals surface area contributed by atoms with E-state index in [1.54, 1.807) is 13.2 Å². The van der Waals surface area contributed by atoms with E-state index in [-0.39, 0.29) is 5.56 Å². The summed E-state index contributed by atoms with van der Waals surface area (Å²) >= 11 is 3.24. The molecule has 0 spiro atoms. The van der Waals surface area contributed by atoms with E-state index in [4.69, 9.17) is 0 Å². The third kappa shape index (κ3) is 2.69. The molecule has 0 aromatic carbocycles. The maximum absolute atomic E-state index is 11.6. The Labute approximate surface area is 108 Å². The van der Waals surface area contributed by atoms with Crippen LogP contribution in [0, 0.1) is 0 Å². The molecule has 1 aromatic rings. The topological polar surface area (TPSA) is 67.2 Å². The van der Waals surface area contributed by atoms with Gasteiger partial charge in [-0.15, -0.1) is 0 Å². The molecule has 94 valence electrons. The first kappa shape index (κ1) is 12.6. The second-order valence-corrected chi connectivity index (χ2v) is 5.38. The van der Waals surface area contributed by atoms with Crippen LogP contribution in [0.1, 0.15) is 25.7 Å². The minimum atomic E-state index is -0.638. The third-order valence-electron chi connectivity index (χ3n) is 3.22. The van der Waals surface area contributed by atoms with Crippen LogP contribution in [0.5, 0.6) is 0 Å². The lowest BCUT2D eigenvalue weighted by Crippen LogP contribution is -2.34. The summed E-state index contributed by atoms with van der Waals surface area (Å²) in [6, 6.07) is 0. The molecule has 0 radical (unpaired) electrons. The Morgan fingerprint density at radius 3 is 2.88 bits per heavy atom. The molecule has 0 atom stereocenters. The van der Waals surface area contributed by atoms with Gasteiger partial charge in [-0.05, 0) is 28.8 Å². The highest BCUT2D eigenvalue weighted by atomic mass is 79.9. The summed E-state index contributed by atoms with van der Waals surface area (Å²) in [5.41, 5.74) is -0.192. The molecule has 0 bridgehead atoms. The molecule has 2 N–H and O–H groups in total. The van der Waals surface area contributed by atoms with Crippen molar-refractivity contribution >= 4 is 21.6 Å². The van der Waals surface area contributed by atoms with Crippen LogP contribution in [0.4, 0.5) is 5.69 Å². The molecule has 1 saturated carbocycles. The first-order valence-corrected chi connectivity index (χ1v) is 6.49. The average Bonchev–Trinajstić information content (AvgIpc) is 2.73. The smallest absolute Gasteiger partial charge is 0.282 e. The van der Waals surface area contributed by atoms with Gasteiger partial charge in [-0.3, -0.25) is 4.79 Å². The molecule has 1 aliphatic carbocycles. The molecule has 0 saturated heterocycles. The summed E-state index contributed by atoms with van der Waals surface area (Å²) in [4.78, 5) is 11.6. The zero-order chi connectivity index (χ0) is 12.5. The van der Waals surface area contributed by atoms with Crippen molar-refractivity contribution in [3.05, 3.63) is 21.0 Å². The van der Waals surface area contributed by atoms with Gasteiger partial charge >= 0.3 is 0 Å². The summed E-state index contributed by atoms with van der Waals surface area (Å²) in [6.07, 6.45) is 5.35. The first-order valence-electron chi connectivity index (χ1n) is 5.70. The Balaban J connectivity index is 2.09. The van der Waals surface area contributed by atoms with Crippen LogP contribution in [0.25, 0.3) is 0 Å². The number of halogens is 1. The lowest BCUT2D eigenvalue weighted by Gasteiger charge is -2.23. The maximum atomic E-state index is 11.6. The predicted molar refractivity (Wildman–Crippen MR) is 69.1 cm³/mol. The number of aliphatic hydroxyl groups is 1. The Bertz CT molecular complexity index is 466. The van der Waals surface area contributed by atoms with E-state index >= 15 is 0 Å². The molecule has 1 heterocycles. The van der Waals surface area contributed by atoms with E-state index in [2.05, 4.69) is 26.3 Å². The summed E-state index contributed by atoms with van der Waals surface area (Å²) in [5, 5.41) is 17.2. The van der Waals surface area contributed by atoms with Crippen LogP contribution in [-0.2, 0) is 7.05 Å². The molecule has 6 heteroatoms. The van der Waals surface area contributed by atoms with Crippen molar-refractivity contribution in [2.45, 2.75) is 31.3 Å². The minimum absolute atomic E-state index is 0.187. The number of hydrogen-bond donors (Lipinski definition) is 2. The molecule has 17 heavy (non-hydrogen) atoms. The van der Waals surface area contributed by atoms with Gasteiger partial charge in [0.15, 0.2) is 0 Å². The van der Waals surface area contributed by atoms with Crippen molar-refractivity contribution in [2.75, 3.05) is 11.9 Å². The lowest BCUT2D eigenvalue weighted by molar-refractivity contribution is 0.0614. The van der Waals surface area contributed by atoms with Crippen LogP contribution in [0.3, 0.4) is 0 Å². The Kier molecular flexibility index (Phi) is 3.53. The number of nitrogens with zero attached hydrogens (tertiary/aromatic N) is 2. The van der Waals surface area contributed by atoms with Gasteiger partial charge in [-0.2, -0.15) is 5.10 Å². The SMILES string of the molecule is Cn1ncc(NCC2(O)CCCC2)c(Br)c1=O. The lowest BCUT2D eigenvalue weighted by atomic mass is 10.0. The Morgan fingerprint density at radius 2 is 2.24 bits per heavy atom. The third-order valence-corrected chi connectivity index (χ3v) is 3.99. The second-order valence-electron chi connectivity index (χ2n) is 4.59. The van der Waals surface area contributed by atoms with E-state index in [9.17, 15) is 9.90 Å². The fourth-order valence-electron chi connectivity index (χ4n) is 2.10. The van der Waals surface area contributed by atoms with Gasteiger partial charge in [-0.1, -0.05) is 12.8 Å². The first-order chi connectivity index (χ1) is 8.02. The van der Waals surface area contributed by atoms with E-state index in [1.807, 2.05) is 0 Å². The summed E-state index contributed by atoms with van der Waals surface area (Å²) in [6.45, 7) is 0.459. The molecule has 2 rings (SSSR count). The minimum Gasteiger partial charge on any atom is -0.388 e. The maximum Gasteiger partial charge on any atom is 0.282 e. The van der Waals surface area contributed by atoms with Crippen LogP contribution in [0.15, 0.2) is 15.5 Å². The summed E-state index contributed by atoms with van der Waals surface area (Å²) in [7, 11) is 1.60. The molecule has 0 unspecified atom stereocenters. The Hall–Kier alpha value is -0.880. The van der Waals surface area contributed by atoms with Crippen LogP contribution < -0.4 is 10.9 Å². The number of anilines is 1. The fourth-order valence-corrected chi connectivity index (χ4v) is 2.60. The molecule has 1 fully saturated rings.